The Morgan fingerprint density at radius 2 is 1.31 bits per heavy atom. The summed E-state index contributed by atoms with van der Waals surface area (Å²) < 4.78 is 0. The van der Waals surface area contributed by atoms with E-state index >= 15 is 0 Å². The first kappa shape index (κ1) is 38.7. The summed E-state index contributed by atoms with van der Waals surface area (Å²) in [5, 5.41) is 40.5. The van der Waals surface area contributed by atoms with E-state index in [1.54, 1.807) is 49.4 Å². The normalized spacial score (nSPS) is 11.7. The number of rotatable bonds is 2. The number of phenols is 2. The molecule has 2 aromatic rings. The van der Waals surface area contributed by atoms with Crippen LogP contribution in [0, 0.1) is 0 Å². The van der Waals surface area contributed by atoms with Gasteiger partial charge in [-0.3, -0.25) is 14.5 Å². The van der Waals surface area contributed by atoms with Crippen molar-refractivity contribution >= 4 is 63.7 Å². The third-order valence-corrected chi connectivity index (χ3v) is 3.88. The van der Waals surface area contributed by atoms with Crippen molar-refractivity contribution in [2.45, 2.75) is 47.5 Å². The van der Waals surface area contributed by atoms with E-state index in [9.17, 15) is 14.7 Å². The standard InChI is InChI=1S/C8H9NO2.C7H7NO2.C5H7NO2.2C2H6.2HI.V/c1-6(9-11)7-4-2-3-5-8(7)10;9-7-4-2-1-3-6(7)5-8-10;1-6-4(7)2-3-5(6)8;2*1-2;;;/h2-5,10-11H,1H3;1-5,9-10H;2-3H2,1H3;2*1-2H3;2*1H;/q;;;;;;;+2/p-2/b9-6+;8-5+;;;;;;. The number of hydrogen-bond donors (Lipinski definition) is 4. The first-order valence-corrected chi connectivity index (χ1v) is 19.9. The Balaban J connectivity index is -0.000000406. The quantitative estimate of drug-likeness (QED) is 0.0920. The Labute approximate surface area is 242 Å². The van der Waals surface area contributed by atoms with Gasteiger partial charge in [-0.1, -0.05) is 62.3 Å². The minimum absolute atomic E-state index is 0.0602. The number of likely N-dealkylation sites (tertiary alicyclic amines) is 1. The minimum atomic E-state index is -0.0602. The molecule has 3 rings (SSSR count). The molecule has 2 amide bonds. The van der Waals surface area contributed by atoms with Gasteiger partial charge in [-0.2, -0.15) is 0 Å². The SMILES string of the molecule is C/C(=N\O)c1ccccc1O.CC.CC.CN1C(=O)CCC1=O.O/N=C/c1ccccc1O.[I][V][I]. The van der Waals surface area contributed by atoms with Gasteiger partial charge in [-0.25, -0.2) is 0 Å². The second-order valence-corrected chi connectivity index (χ2v) is 17.7. The Bertz CT molecular complexity index is 914. The van der Waals surface area contributed by atoms with Gasteiger partial charge in [0.2, 0.25) is 11.8 Å². The molecule has 1 aliphatic heterocycles. The van der Waals surface area contributed by atoms with Crippen LogP contribution in [0.25, 0.3) is 0 Å². The van der Waals surface area contributed by atoms with Gasteiger partial charge in [0.1, 0.15) is 11.5 Å². The van der Waals surface area contributed by atoms with Crippen LogP contribution in [-0.2, 0) is 19.1 Å². The van der Waals surface area contributed by atoms with Gasteiger partial charge >= 0.3 is 49.4 Å². The molecule has 4 N–H and O–H groups in total. The number of amides is 2. The number of carbonyl (C=O) groups is 2. The summed E-state index contributed by atoms with van der Waals surface area (Å²) >= 11 is 4.74. The molecule has 0 aromatic heterocycles. The molecule has 12 heteroatoms. The zero-order valence-electron chi connectivity index (χ0n) is 21.3. The summed E-state index contributed by atoms with van der Waals surface area (Å²) in [6, 6.07) is 13.3. The zero-order valence-corrected chi connectivity index (χ0v) is 27.0. The van der Waals surface area contributed by atoms with Crippen LogP contribution < -0.4 is 0 Å². The molecule has 0 radical (unpaired) electrons. The first-order chi connectivity index (χ1) is 17.2. The summed E-state index contributed by atoms with van der Waals surface area (Å²) in [4.78, 5) is 22.1. The third kappa shape index (κ3) is 17.6. The van der Waals surface area contributed by atoms with Gasteiger partial charge in [0.25, 0.3) is 0 Å². The van der Waals surface area contributed by atoms with E-state index in [0.717, 1.165) is 0 Å². The van der Waals surface area contributed by atoms with E-state index in [1.807, 2.05) is 27.7 Å². The second kappa shape index (κ2) is 26.2. The van der Waals surface area contributed by atoms with Crippen LogP contribution >= 0.6 is 40.0 Å². The fourth-order valence-corrected chi connectivity index (χ4v) is 2.18. The van der Waals surface area contributed by atoms with Crippen LogP contribution in [0.1, 0.15) is 58.6 Å². The van der Waals surface area contributed by atoms with Gasteiger partial charge in [0.05, 0.1) is 11.9 Å². The van der Waals surface area contributed by atoms with Gasteiger partial charge in [0.15, 0.2) is 0 Å². The molecule has 0 aliphatic carbocycles. The zero-order chi connectivity index (χ0) is 28.5. The van der Waals surface area contributed by atoms with Crippen LogP contribution in [0.5, 0.6) is 11.5 Å². The topological polar surface area (TPSA) is 143 Å². The number of aromatic hydroxyl groups is 2. The van der Waals surface area contributed by atoms with Crippen LogP contribution in [-0.4, -0.2) is 56.3 Å². The number of para-hydroxylation sites is 2. The molecule has 36 heavy (non-hydrogen) atoms. The van der Waals surface area contributed by atoms with E-state index in [4.69, 9.17) is 15.5 Å². The Morgan fingerprint density at radius 1 is 0.889 bits per heavy atom. The molecule has 0 saturated carbocycles. The molecular weight excluding hydrogens is 731 g/mol. The Morgan fingerprint density at radius 3 is 1.64 bits per heavy atom. The average molecular weight is 766 g/mol. The summed E-state index contributed by atoms with van der Waals surface area (Å²) in [7, 11) is 2.14. The average Bonchev–Trinajstić information content (AvgIpc) is 3.20. The van der Waals surface area contributed by atoms with Crippen LogP contribution in [0.15, 0.2) is 58.8 Å². The molecular formula is C24H35I2N3O6V. The maximum absolute atomic E-state index is 10.5. The predicted octanol–water partition coefficient (Wildman–Crippen LogP) is 6.38. The first-order valence-electron chi connectivity index (χ1n) is 10.9. The molecule has 201 valence electrons. The van der Waals surface area contributed by atoms with Crippen LogP contribution in [0.3, 0.4) is 0 Å². The fraction of sp³-hybridized carbons (Fsp3) is 0.333. The number of nitrogens with zero attached hydrogens (tertiary/aromatic N) is 3. The van der Waals surface area contributed by atoms with Crippen molar-refractivity contribution < 1.29 is 39.7 Å². The van der Waals surface area contributed by atoms with Crippen LogP contribution in [0.4, 0.5) is 0 Å². The van der Waals surface area contributed by atoms with E-state index in [2.05, 4.69) is 50.3 Å². The summed E-state index contributed by atoms with van der Waals surface area (Å²) in [5.41, 5.74) is 1.46. The summed E-state index contributed by atoms with van der Waals surface area (Å²) in [6.07, 6.45) is 1.97. The van der Waals surface area contributed by atoms with Crippen molar-refractivity contribution in [3.63, 3.8) is 0 Å². The molecule has 0 spiro atoms. The molecule has 9 nitrogen and oxygen atoms in total. The Kier molecular flexibility index (Phi) is 28.2. The molecule has 1 aliphatic rings. The maximum atomic E-state index is 10.5. The van der Waals surface area contributed by atoms with Crippen molar-refractivity contribution in [1.82, 2.24) is 4.90 Å². The molecule has 0 bridgehead atoms. The molecule has 0 unspecified atom stereocenters. The summed E-state index contributed by atoms with van der Waals surface area (Å²) in [5.74, 6) is 0.119. The molecule has 1 fully saturated rings. The van der Waals surface area contributed by atoms with Gasteiger partial charge in [0, 0.05) is 31.0 Å². The van der Waals surface area contributed by atoms with E-state index in [0.29, 0.717) is 39.1 Å². The van der Waals surface area contributed by atoms with E-state index in [-0.39, 0.29) is 23.3 Å². The van der Waals surface area contributed by atoms with Gasteiger partial charge in [-0.15, -0.1) is 0 Å². The number of halogens is 2. The fourth-order valence-electron chi connectivity index (χ4n) is 2.18. The molecule has 1 heterocycles. The molecule has 0 atom stereocenters. The monoisotopic (exact) mass is 766 g/mol. The van der Waals surface area contributed by atoms with Crippen molar-refractivity contribution in [3.8, 4) is 11.5 Å². The number of benzene rings is 2. The third-order valence-electron chi connectivity index (χ3n) is 3.88. The number of imide groups is 1. The van der Waals surface area contributed by atoms with Crippen LogP contribution in [0.2, 0.25) is 0 Å². The number of phenolic OH excluding ortho intramolecular Hbond substituents is 2. The van der Waals surface area contributed by atoms with Gasteiger partial charge < -0.3 is 20.6 Å². The van der Waals surface area contributed by atoms with Crippen molar-refractivity contribution in [2.24, 2.45) is 10.3 Å². The number of hydrogen-bond acceptors (Lipinski definition) is 8. The summed E-state index contributed by atoms with van der Waals surface area (Å²) in [6.45, 7) is 9.62. The van der Waals surface area contributed by atoms with E-state index < -0.39 is 0 Å². The van der Waals surface area contributed by atoms with Crippen molar-refractivity contribution in [3.05, 3.63) is 59.7 Å². The van der Waals surface area contributed by atoms with Gasteiger partial charge in [-0.05, 0) is 31.2 Å². The number of carbonyl (C=O) groups excluding carboxylic acids is 2. The van der Waals surface area contributed by atoms with Crippen molar-refractivity contribution in [2.75, 3.05) is 7.05 Å². The van der Waals surface area contributed by atoms with E-state index in [1.165, 1.54) is 24.2 Å². The molecule has 1 saturated heterocycles. The molecule has 2 aromatic carbocycles. The van der Waals surface area contributed by atoms with Crippen molar-refractivity contribution in [1.29, 1.82) is 0 Å². The predicted molar refractivity (Wildman–Crippen MR) is 157 cm³/mol. The Hall–Kier alpha value is -1.84. The second-order valence-electron chi connectivity index (χ2n) is 5.92. The number of oxime groups is 2.